The van der Waals surface area contributed by atoms with Crippen LogP contribution in [0.25, 0.3) is 0 Å². The highest BCUT2D eigenvalue weighted by Crippen LogP contribution is 2.14. The first-order valence-electron chi connectivity index (χ1n) is 6.61. The molecule has 2 nitrogen and oxygen atoms in total. The Morgan fingerprint density at radius 2 is 1.80 bits per heavy atom. The molecule has 0 aliphatic heterocycles. The van der Waals surface area contributed by atoms with Gasteiger partial charge in [0, 0.05) is 0 Å². The molecule has 0 bridgehead atoms. The molecule has 0 spiro atoms. The molecular formula is C18H23NO. The second kappa shape index (κ2) is 11.8. The van der Waals surface area contributed by atoms with Crippen LogP contribution in [0.4, 0.5) is 0 Å². The Morgan fingerprint density at radius 3 is 2.35 bits per heavy atom. The van der Waals surface area contributed by atoms with E-state index in [1.807, 2.05) is 62.5 Å². The monoisotopic (exact) mass is 269 g/mol. The number of rotatable bonds is 9. The highest BCUT2D eigenvalue weighted by atomic mass is 16.3. The number of nitroso groups, excluding NO2 is 1. The van der Waals surface area contributed by atoms with Crippen LogP contribution >= 0.6 is 0 Å². The van der Waals surface area contributed by atoms with Gasteiger partial charge >= 0.3 is 0 Å². The summed E-state index contributed by atoms with van der Waals surface area (Å²) in [6.07, 6.45) is 18.9. The normalized spacial score (nSPS) is 13.5. The molecule has 0 saturated carbocycles. The summed E-state index contributed by atoms with van der Waals surface area (Å²) in [6, 6.07) is 0. The lowest BCUT2D eigenvalue weighted by atomic mass is 10.1. The van der Waals surface area contributed by atoms with Crippen LogP contribution in [-0.4, -0.2) is 0 Å². The van der Waals surface area contributed by atoms with Crippen LogP contribution in [0, 0.1) is 4.91 Å². The zero-order valence-electron chi connectivity index (χ0n) is 12.4. The van der Waals surface area contributed by atoms with E-state index in [-0.39, 0.29) is 0 Å². The van der Waals surface area contributed by atoms with Gasteiger partial charge in [0.05, 0.1) is 0 Å². The van der Waals surface area contributed by atoms with E-state index in [0.29, 0.717) is 12.1 Å². The highest BCUT2D eigenvalue weighted by Gasteiger charge is 1.99. The number of hydrogen-bond acceptors (Lipinski definition) is 2. The minimum atomic E-state index is 0.439. The van der Waals surface area contributed by atoms with E-state index in [1.54, 1.807) is 6.08 Å². The summed E-state index contributed by atoms with van der Waals surface area (Å²) in [5, 5.41) is 3.01. The highest BCUT2D eigenvalue weighted by molar-refractivity contribution is 5.34. The molecule has 0 amide bonds. The van der Waals surface area contributed by atoms with Crippen molar-refractivity contribution in [3.05, 3.63) is 89.6 Å². The summed E-state index contributed by atoms with van der Waals surface area (Å²) in [6.45, 7) is 11.3. The molecule has 0 unspecified atom stereocenters. The molecule has 106 valence electrons. The molecule has 0 aromatic carbocycles. The third-order valence-corrected chi connectivity index (χ3v) is 2.56. The first-order valence-corrected chi connectivity index (χ1v) is 6.61. The van der Waals surface area contributed by atoms with Gasteiger partial charge < -0.3 is 0 Å². The van der Waals surface area contributed by atoms with E-state index in [0.717, 1.165) is 17.6 Å². The molecule has 0 aliphatic carbocycles. The van der Waals surface area contributed by atoms with Gasteiger partial charge in [-0.15, -0.1) is 11.5 Å². The van der Waals surface area contributed by atoms with E-state index >= 15 is 0 Å². The maximum atomic E-state index is 10.7. The fraction of sp³-hybridized carbons (Fsp3) is 0.222. The number of hydrogen-bond donors (Lipinski definition) is 0. The SMILES string of the molecule is C=CC\C=C/C=C\C=C/CC(=C)/C=C(N=O)\C(C)=C/C. The van der Waals surface area contributed by atoms with Crippen LogP contribution in [0.3, 0.4) is 0 Å². The van der Waals surface area contributed by atoms with E-state index in [4.69, 9.17) is 0 Å². The van der Waals surface area contributed by atoms with Crippen molar-refractivity contribution in [3.63, 3.8) is 0 Å². The smallest absolute Gasteiger partial charge is 0.110 e. The van der Waals surface area contributed by atoms with Crippen LogP contribution in [0.2, 0.25) is 0 Å². The van der Waals surface area contributed by atoms with Crippen molar-refractivity contribution in [1.29, 1.82) is 0 Å². The maximum absolute atomic E-state index is 10.7. The third kappa shape index (κ3) is 8.81. The number of allylic oxidation sites excluding steroid dienone is 11. The Hall–Kier alpha value is -2.22. The van der Waals surface area contributed by atoms with Crippen LogP contribution in [-0.2, 0) is 0 Å². The molecule has 0 atom stereocenters. The van der Waals surface area contributed by atoms with Gasteiger partial charge in [0.1, 0.15) is 5.70 Å². The second-order valence-electron chi connectivity index (χ2n) is 4.22. The average molecular weight is 269 g/mol. The molecular weight excluding hydrogens is 246 g/mol. The predicted molar refractivity (Wildman–Crippen MR) is 89.3 cm³/mol. The average Bonchev–Trinajstić information content (AvgIpc) is 2.46. The van der Waals surface area contributed by atoms with Crippen molar-refractivity contribution in [1.82, 2.24) is 0 Å². The first-order chi connectivity index (χ1) is 9.65. The second-order valence-corrected chi connectivity index (χ2v) is 4.22. The van der Waals surface area contributed by atoms with E-state index in [2.05, 4.69) is 18.3 Å². The minimum absolute atomic E-state index is 0.439. The van der Waals surface area contributed by atoms with E-state index < -0.39 is 0 Å². The fourth-order valence-corrected chi connectivity index (χ4v) is 1.29. The molecule has 0 N–H and O–H groups in total. The van der Waals surface area contributed by atoms with Gasteiger partial charge in [-0.2, -0.15) is 0 Å². The Morgan fingerprint density at radius 1 is 1.15 bits per heavy atom. The molecule has 0 heterocycles. The standard InChI is InChI=1S/C18H23NO/c1-5-7-8-9-10-11-12-13-14-16(3)15-18(19-20)17(4)6-2/h5-6,8-13,15H,1,3,7,14H2,2,4H3/b9-8-,11-10-,13-12-,17-6-,18-15+. The van der Waals surface area contributed by atoms with Crippen molar-refractivity contribution in [2.45, 2.75) is 26.7 Å². The summed E-state index contributed by atoms with van der Waals surface area (Å²) >= 11 is 0. The van der Waals surface area contributed by atoms with Crippen molar-refractivity contribution in [2.24, 2.45) is 5.18 Å². The van der Waals surface area contributed by atoms with Crippen LogP contribution in [0.15, 0.2) is 89.9 Å². The summed E-state index contributed by atoms with van der Waals surface area (Å²) < 4.78 is 0. The van der Waals surface area contributed by atoms with E-state index in [9.17, 15) is 4.91 Å². The molecule has 0 aromatic heterocycles. The molecule has 0 aromatic rings. The van der Waals surface area contributed by atoms with Gasteiger partial charge in [0.15, 0.2) is 0 Å². The zero-order valence-corrected chi connectivity index (χ0v) is 12.4. The lowest BCUT2D eigenvalue weighted by Crippen LogP contribution is -1.82. The molecule has 0 fully saturated rings. The van der Waals surface area contributed by atoms with Gasteiger partial charge in [-0.1, -0.05) is 55.2 Å². The molecule has 0 saturated heterocycles. The Bertz CT molecular complexity index is 474. The van der Waals surface area contributed by atoms with Crippen molar-refractivity contribution < 1.29 is 0 Å². The Labute approximate surface area is 122 Å². The van der Waals surface area contributed by atoms with Gasteiger partial charge in [-0.25, -0.2) is 0 Å². The zero-order chi connectivity index (χ0) is 15.2. The molecule has 20 heavy (non-hydrogen) atoms. The molecule has 0 radical (unpaired) electrons. The summed E-state index contributed by atoms with van der Waals surface area (Å²) in [5.74, 6) is 0. The topological polar surface area (TPSA) is 29.4 Å². The lowest BCUT2D eigenvalue weighted by Gasteiger charge is -1.98. The van der Waals surface area contributed by atoms with Crippen LogP contribution < -0.4 is 0 Å². The summed E-state index contributed by atoms with van der Waals surface area (Å²) in [5.41, 5.74) is 2.15. The molecule has 2 heteroatoms. The van der Waals surface area contributed by atoms with E-state index in [1.165, 1.54) is 0 Å². The minimum Gasteiger partial charge on any atom is -0.145 e. The maximum Gasteiger partial charge on any atom is 0.110 e. The molecule has 0 rings (SSSR count). The first kappa shape index (κ1) is 17.8. The van der Waals surface area contributed by atoms with Crippen molar-refractivity contribution in [2.75, 3.05) is 0 Å². The predicted octanol–water partition coefficient (Wildman–Crippen LogP) is 5.79. The third-order valence-electron chi connectivity index (χ3n) is 2.56. The van der Waals surface area contributed by atoms with Gasteiger partial charge in [-0.05, 0) is 49.1 Å². The molecule has 0 aliphatic rings. The van der Waals surface area contributed by atoms with Crippen LogP contribution in [0.5, 0.6) is 0 Å². The van der Waals surface area contributed by atoms with Crippen molar-refractivity contribution in [3.8, 4) is 0 Å². The summed E-state index contributed by atoms with van der Waals surface area (Å²) in [7, 11) is 0. The van der Waals surface area contributed by atoms with Crippen molar-refractivity contribution >= 4 is 0 Å². The Balaban J connectivity index is 4.32. The Kier molecular flexibility index (Phi) is 10.5. The summed E-state index contributed by atoms with van der Waals surface area (Å²) in [4.78, 5) is 10.7. The van der Waals surface area contributed by atoms with Gasteiger partial charge in [0.2, 0.25) is 0 Å². The fourth-order valence-electron chi connectivity index (χ4n) is 1.29. The largest absolute Gasteiger partial charge is 0.145 e. The van der Waals surface area contributed by atoms with Gasteiger partial charge in [-0.3, -0.25) is 0 Å². The van der Waals surface area contributed by atoms with Crippen LogP contribution in [0.1, 0.15) is 26.7 Å². The lowest BCUT2D eigenvalue weighted by molar-refractivity contribution is 1.21. The van der Waals surface area contributed by atoms with Gasteiger partial charge in [0.25, 0.3) is 0 Å². The number of nitrogens with zero attached hydrogens (tertiary/aromatic N) is 1. The quantitative estimate of drug-likeness (QED) is 0.296.